The first-order chi connectivity index (χ1) is 10.2. The van der Waals surface area contributed by atoms with Gasteiger partial charge in [0.15, 0.2) is 0 Å². The second-order valence-electron chi connectivity index (χ2n) is 6.52. The van der Waals surface area contributed by atoms with E-state index in [0.29, 0.717) is 18.6 Å². The van der Waals surface area contributed by atoms with Crippen molar-refractivity contribution in [2.75, 3.05) is 18.1 Å². The summed E-state index contributed by atoms with van der Waals surface area (Å²) >= 11 is 0. The first kappa shape index (κ1) is 14.9. The predicted octanol–water partition coefficient (Wildman–Crippen LogP) is 1.72. The summed E-state index contributed by atoms with van der Waals surface area (Å²) in [5, 5.41) is 17.7. The van der Waals surface area contributed by atoms with E-state index in [4.69, 9.17) is 0 Å². The summed E-state index contributed by atoms with van der Waals surface area (Å²) in [4.78, 5) is 2.40. The number of nitrogens with zero attached hydrogens (tertiary/aromatic N) is 3. The molecule has 2 aliphatic rings. The summed E-state index contributed by atoms with van der Waals surface area (Å²) < 4.78 is 2.01. The van der Waals surface area contributed by atoms with Crippen LogP contribution in [0.1, 0.15) is 49.8 Å². The van der Waals surface area contributed by atoms with Crippen LogP contribution in [0.2, 0.25) is 0 Å². The van der Waals surface area contributed by atoms with Crippen molar-refractivity contribution < 1.29 is 5.11 Å². The Kier molecular flexibility index (Phi) is 4.50. The number of hydrogen-bond donors (Lipinski definition) is 2. The molecule has 2 fully saturated rings. The summed E-state index contributed by atoms with van der Waals surface area (Å²) in [5.41, 5.74) is 2.42. The molecule has 2 aliphatic carbocycles. The van der Waals surface area contributed by atoms with Gasteiger partial charge in [-0.05, 0) is 32.6 Å². The minimum atomic E-state index is 0.205. The summed E-state index contributed by atoms with van der Waals surface area (Å²) in [5.74, 6) is 1.21. The molecule has 0 radical (unpaired) electrons. The molecule has 0 aromatic carbocycles. The molecule has 0 spiro atoms. The molecule has 2 N–H and O–H groups in total. The highest BCUT2D eigenvalue weighted by atomic mass is 16.3. The van der Waals surface area contributed by atoms with Crippen molar-refractivity contribution in [3.8, 4) is 0 Å². The minimum Gasteiger partial charge on any atom is -0.395 e. The van der Waals surface area contributed by atoms with Crippen LogP contribution in [0, 0.1) is 6.92 Å². The second kappa shape index (κ2) is 6.36. The molecule has 0 saturated heterocycles. The molecule has 21 heavy (non-hydrogen) atoms. The highest BCUT2D eigenvalue weighted by Crippen LogP contribution is 2.32. The van der Waals surface area contributed by atoms with Gasteiger partial charge in [0.05, 0.1) is 12.3 Å². The van der Waals surface area contributed by atoms with Crippen molar-refractivity contribution in [2.45, 2.75) is 64.1 Å². The lowest BCUT2D eigenvalue weighted by Crippen LogP contribution is -2.38. The molecule has 1 aromatic rings. The Balaban J connectivity index is 1.85. The quantitative estimate of drug-likeness (QED) is 0.803. The molecular weight excluding hydrogens is 264 g/mol. The molecule has 1 aromatic heterocycles. The van der Waals surface area contributed by atoms with Gasteiger partial charge in [-0.1, -0.05) is 12.8 Å². The van der Waals surface area contributed by atoms with E-state index in [1.54, 1.807) is 0 Å². The summed E-state index contributed by atoms with van der Waals surface area (Å²) in [6.07, 6.45) is 7.69. The summed E-state index contributed by atoms with van der Waals surface area (Å²) in [7, 11) is 2.03. The van der Waals surface area contributed by atoms with Gasteiger partial charge in [-0.25, -0.2) is 0 Å². The fraction of sp³-hybridized carbons (Fsp3) is 0.812. The van der Waals surface area contributed by atoms with Crippen LogP contribution in [-0.2, 0) is 13.6 Å². The third-order valence-corrected chi connectivity index (χ3v) is 4.84. The highest BCUT2D eigenvalue weighted by molar-refractivity contribution is 5.51. The number of aliphatic hydroxyl groups is 1. The lowest BCUT2D eigenvalue weighted by atomic mass is 10.1. The van der Waals surface area contributed by atoms with Crippen LogP contribution in [0.15, 0.2) is 0 Å². The van der Waals surface area contributed by atoms with Crippen molar-refractivity contribution in [3.05, 3.63) is 11.3 Å². The van der Waals surface area contributed by atoms with Crippen molar-refractivity contribution in [3.63, 3.8) is 0 Å². The van der Waals surface area contributed by atoms with Crippen molar-refractivity contribution in [1.82, 2.24) is 15.1 Å². The van der Waals surface area contributed by atoms with Gasteiger partial charge in [0.25, 0.3) is 0 Å². The van der Waals surface area contributed by atoms with E-state index < -0.39 is 0 Å². The zero-order chi connectivity index (χ0) is 14.8. The summed E-state index contributed by atoms with van der Waals surface area (Å²) in [6.45, 7) is 3.91. The standard InChI is InChI=1S/C16H28N4O/c1-12-15(11-17-13-7-8-13)16(19(2)18-12)20(9-10-21)14-5-3-4-6-14/h13-14,17,21H,3-11H2,1-2H3. The Morgan fingerprint density at radius 2 is 2.00 bits per heavy atom. The van der Waals surface area contributed by atoms with Gasteiger partial charge in [-0.2, -0.15) is 5.10 Å². The van der Waals surface area contributed by atoms with E-state index in [0.717, 1.165) is 12.2 Å². The lowest BCUT2D eigenvalue weighted by Gasteiger charge is -2.31. The van der Waals surface area contributed by atoms with Gasteiger partial charge in [-0.15, -0.1) is 0 Å². The van der Waals surface area contributed by atoms with E-state index >= 15 is 0 Å². The molecule has 0 bridgehead atoms. The molecule has 0 amide bonds. The first-order valence-electron chi connectivity index (χ1n) is 8.34. The van der Waals surface area contributed by atoms with Gasteiger partial charge in [-0.3, -0.25) is 4.68 Å². The third kappa shape index (κ3) is 3.24. The number of nitrogens with one attached hydrogen (secondary N) is 1. The lowest BCUT2D eigenvalue weighted by molar-refractivity contribution is 0.296. The zero-order valence-electron chi connectivity index (χ0n) is 13.3. The van der Waals surface area contributed by atoms with Crippen molar-refractivity contribution >= 4 is 5.82 Å². The Labute approximate surface area is 127 Å². The first-order valence-corrected chi connectivity index (χ1v) is 8.34. The largest absolute Gasteiger partial charge is 0.395 e. The molecule has 118 valence electrons. The molecule has 0 aliphatic heterocycles. The maximum Gasteiger partial charge on any atom is 0.131 e. The Bertz CT molecular complexity index is 475. The Hall–Kier alpha value is -1.07. The van der Waals surface area contributed by atoms with Gasteiger partial charge in [0.1, 0.15) is 5.82 Å². The molecule has 5 nitrogen and oxygen atoms in total. The van der Waals surface area contributed by atoms with E-state index in [1.165, 1.54) is 49.9 Å². The minimum absolute atomic E-state index is 0.205. The number of anilines is 1. The van der Waals surface area contributed by atoms with Crippen LogP contribution in [-0.4, -0.2) is 40.1 Å². The fourth-order valence-corrected chi connectivity index (χ4v) is 3.57. The maximum atomic E-state index is 9.49. The van der Waals surface area contributed by atoms with Gasteiger partial charge in [0.2, 0.25) is 0 Å². The number of aryl methyl sites for hydroxylation is 2. The van der Waals surface area contributed by atoms with Crippen LogP contribution in [0.3, 0.4) is 0 Å². The number of aromatic nitrogens is 2. The average molecular weight is 292 g/mol. The van der Waals surface area contributed by atoms with Gasteiger partial charge >= 0.3 is 0 Å². The number of rotatable bonds is 7. The van der Waals surface area contributed by atoms with Crippen LogP contribution in [0.25, 0.3) is 0 Å². The topological polar surface area (TPSA) is 53.3 Å². The molecule has 0 atom stereocenters. The molecule has 0 unspecified atom stereocenters. The maximum absolute atomic E-state index is 9.49. The number of hydrogen-bond acceptors (Lipinski definition) is 4. The molecule has 3 rings (SSSR count). The van der Waals surface area contributed by atoms with Crippen LogP contribution in [0.4, 0.5) is 5.82 Å². The van der Waals surface area contributed by atoms with Crippen LogP contribution in [0.5, 0.6) is 0 Å². The SMILES string of the molecule is Cc1nn(C)c(N(CCO)C2CCCC2)c1CNC1CC1. The van der Waals surface area contributed by atoms with Crippen LogP contribution < -0.4 is 10.2 Å². The molecule has 1 heterocycles. The van der Waals surface area contributed by atoms with E-state index in [2.05, 4.69) is 22.2 Å². The third-order valence-electron chi connectivity index (χ3n) is 4.84. The monoisotopic (exact) mass is 292 g/mol. The predicted molar refractivity (Wildman–Crippen MR) is 84.5 cm³/mol. The van der Waals surface area contributed by atoms with E-state index in [1.807, 2.05) is 11.7 Å². The van der Waals surface area contributed by atoms with Crippen molar-refractivity contribution in [2.24, 2.45) is 7.05 Å². The van der Waals surface area contributed by atoms with Gasteiger partial charge < -0.3 is 15.3 Å². The number of aliphatic hydroxyl groups excluding tert-OH is 1. The highest BCUT2D eigenvalue weighted by Gasteiger charge is 2.28. The van der Waals surface area contributed by atoms with E-state index in [9.17, 15) is 5.11 Å². The molecule has 5 heteroatoms. The summed E-state index contributed by atoms with van der Waals surface area (Å²) in [6, 6.07) is 1.27. The average Bonchev–Trinajstić information content (AvgIpc) is 3.04. The fourth-order valence-electron chi connectivity index (χ4n) is 3.57. The molecular formula is C16H28N4O. The zero-order valence-corrected chi connectivity index (χ0v) is 13.3. The van der Waals surface area contributed by atoms with Gasteiger partial charge in [0, 0.05) is 37.8 Å². The van der Waals surface area contributed by atoms with E-state index in [-0.39, 0.29) is 6.61 Å². The molecule has 2 saturated carbocycles. The van der Waals surface area contributed by atoms with Crippen LogP contribution >= 0.6 is 0 Å². The van der Waals surface area contributed by atoms with Crippen molar-refractivity contribution in [1.29, 1.82) is 0 Å². The Morgan fingerprint density at radius 1 is 1.29 bits per heavy atom. The second-order valence-corrected chi connectivity index (χ2v) is 6.52. The Morgan fingerprint density at radius 3 is 2.62 bits per heavy atom. The smallest absolute Gasteiger partial charge is 0.131 e. The normalized spacial score (nSPS) is 19.4.